The number of guanidine groups is 1. The lowest BCUT2D eigenvalue weighted by atomic mass is 10.1. The van der Waals surface area contributed by atoms with Gasteiger partial charge >= 0.3 is 0 Å². The second-order valence-corrected chi connectivity index (χ2v) is 7.76. The minimum Gasteiger partial charge on any atom is -0.266 e. The van der Waals surface area contributed by atoms with E-state index in [1.165, 1.54) is 24.6 Å². The van der Waals surface area contributed by atoms with Crippen LogP contribution in [-0.2, 0) is 0 Å². The van der Waals surface area contributed by atoms with Crippen LogP contribution in [-0.4, -0.2) is 29.2 Å². The van der Waals surface area contributed by atoms with Crippen LogP contribution in [0.4, 0.5) is 5.69 Å². The number of nitro benzene ring substituents is 1. The molecular weight excluding hydrogens is 479 g/mol. The first kappa shape index (κ1) is 24.6. The summed E-state index contributed by atoms with van der Waals surface area (Å²) in [5.41, 5.74) is 6.78. The minimum atomic E-state index is -0.843. The molecule has 0 heterocycles. The van der Waals surface area contributed by atoms with Gasteiger partial charge in [-0.3, -0.25) is 14.9 Å². The first-order valence-electron chi connectivity index (χ1n) is 9.79. The third-order valence-corrected chi connectivity index (χ3v) is 4.81. The van der Waals surface area contributed by atoms with Gasteiger partial charge in [-0.05, 0) is 53.9 Å². The number of nitrogens with one attached hydrogen (secondary N) is 2. The zero-order chi connectivity index (χ0) is 24.5. The smallest absolute Gasteiger partial charge is 0.266 e. The standard InChI is InChI=1S/C23H18Cl2N6O3/c1-15-2-11-20(21(12-15)31(33)34)22(32)28-23(29-26-13-16-3-7-18(24)8-4-16)30-27-14-17-5-9-19(25)10-6-17/h2-14H,1H3,(H2,28,29,30,32). The predicted octanol–water partition coefficient (Wildman–Crippen LogP) is 4.95. The van der Waals surface area contributed by atoms with Crippen molar-refractivity contribution in [3.05, 3.63) is 109 Å². The summed E-state index contributed by atoms with van der Waals surface area (Å²) < 4.78 is 0. The van der Waals surface area contributed by atoms with Crippen molar-refractivity contribution < 1.29 is 9.72 Å². The Bertz CT molecular complexity index is 1210. The van der Waals surface area contributed by atoms with Crippen molar-refractivity contribution in [3.63, 3.8) is 0 Å². The number of carbonyl (C=O) groups excluding carboxylic acids is 1. The lowest BCUT2D eigenvalue weighted by Gasteiger charge is -2.05. The molecule has 0 atom stereocenters. The van der Waals surface area contributed by atoms with Gasteiger partial charge in [-0.1, -0.05) is 53.5 Å². The number of aliphatic imine (C=N–C) groups is 1. The van der Waals surface area contributed by atoms with Gasteiger partial charge in [0.2, 0.25) is 5.96 Å². The normalized spacial score (nSPS) is 10.9. The highest BCUT2D eigenvalue weighted by Crippen LogP contribution is 2.21. The van der Waals surface area contributed by atoms with Crippen molar-refractivity contribution in [2.45, 2.75) is 6.92 Å². The van der Waals surface area contributed by atoms with Crippen LogP contribution in [0.15, 0.2) is 81.9 Å². The highest BCUT2D eigenvalue weighted by Gasteiger charge is 2.20. The van der Waals surface area contributed by atoms with Crippen LogP contribution in [0.3, 0.4) is 0 Å². The first-order chi connectivity index (χ1) is 16.3. The van der Waals surface area contributed by atoms with Gasteiger partial charge in [0.1, 0.15) is 5.56 Å². The van der Waals surface area contributed by atoms with E-state index in [4.69, 9.17) is 23.2 Å². The molecule has 0 bridgehead atoms. The average Bonchev–Trinajstić information content (AvgIpc) is 2.81. The Hall–Kier alpha value is -4.08. The zero-order valence-electron chi connectivity index (χ0n) is 17.8. The van der Waals surface area contributed by atoms with Gasteiger partial charge in [0.05, 0.1) is 17.4 Å². The molecule has 3 aromatic carbocycles. The molecular formula is C23H18Cl2N6O3. The van der Waals surface area contributed by atoms with E-state index < -0.39 is 10.8 Å². The molecule has 2 N–H and O–H groups in total. The van der Waals surface area contributed by atoms with Crippen LogP contribution in [0.5, 0.6) is 0 Å². The van der Waals surface area contributed by atoms with Gasteiger partial charge in [0.15, 0.2) is 0 Å². The Kier molecular flexibility index (Phi) is 8.44. The molecule has 0 aliphatic rings. The molecule has 9 nitrogen and oxygen atoms in total. The van der Waals surface area contributed by atoms with Crippen molar-refractivity contribution in [3.8, 4) is 0 Å². The van der Waals surface area contributed by atoms with Gasteiger partial charge in [-0.2, -0.15) is 15.2 Å². The van der Waals surface area contributed by atoms with Crippen LogP contribution in [0.25, 0.3) is 0 Å². The van der Waals surface area contributed by atoms with Crippen molar-refractivity contribution >= 4 is 53.2 Å². The minimum absolute atomic E-state index is 0.143. The molecule has 0 unspecified atom stereocenters. The van der Waals surface area contributed by atoms with E-state index in [2.05, 4.69) is 26.0 Å². The van der Waals surface area contributed by atoms with E-state index in [-0.39, 0.29) is 17.2 Å². The number of aryl methyl sites for hydroxylation is 1. The Labute approximate surface area is 205 Å². The van der Waals surface area contributed by atoms with Crippen molar-refractivity contribution in [1.82, 2.24) is 10.9 Å². The number of hydrazone groups is 2. The highest BCUT2D eigenvalue weighted by molar-refractivity contribution is 6.30. The molecule has 0 aliphatic heterocycles. The molecule has 0 fully saturated rings. The molecule has 11 heteroatoms. The summed E-state index contributed by atoms with van der Waals surface area (Å²) in [6, 6.07) is 18.0. The fourth-order valence-corrected chi connectivity index (χ4v) is 2.90. The SMILES string of the molecule is Cc1ccc(C(=O)N=C(NN=Cc2ccc(Cl)cc2)NN=Cc2ccc(Cl)cc2)c([N+](=O)[O-])c1. The molecule has 172 valence electrons. The predicted molar refractivity (Wildman–Crippen MR) is 134 cm³/mol. The Balaban J connectivity index is 1.84. The topological polar surface area (TPSA) is 121 Å². The van der Waals surface area contributed by atoms with Crippen LogP contribution in [0, 0.1) is 17.0 Å². The summed E-state index contributed by atoms with van der Waals surface area (Å²) in [4.78, 5) is 27.4. The number of amides is 1. The molecule has 0 aromatic heterocycles. The van der Waals surface area contributed by atoms with Gasteiger partial charge in [0.25, 0.3) is 11.6 Å². The summed E-state index contributed by atoms with van der Waals surface area (Å²) in [7, 11) is 0. The molecule has 0 radical (unpaired) electrons. The number of nitrogens with zero attached hydrogens (tertiary/aromatic N) is 4. The molecule has 0 spiro atoms. The molecule has 3 aromatic rings. The number of benzene rings is 3. The maximum Gasteiger partial charge on any atom is 0.287 e. The molecule has 34 heavy (non-hydrogen) atoms. The van der Waals surface area contributed by atoms with Crippen LogP contribution >= 0.6 is 23.2 Å². The lowest BCUT2D eigenvalue weighted by Crippen LogP contribution is -2.32. The fourth-order valence-electron chi connectivity index (χ4n) is 2.64. The number of rotatable bonds is 6. The first-order valence-corrected chi connectivity index (χ1v) is 10.5. The second kappa shape index (κ2) is 11.7. The van der Waals surface area contributed by atoms with E-state index in [0.29, 0.717) is 15.6 Å². The van der Waals surface area contributed by atoms with E-state index in [0.717, 1.165) is 11.1 Å². The summed E-state index contributed by atoms with van der Waals surface area (Å²) >= 11 is 11.7. The van der Waals surface area contributed by atoms with Crippen LogP contribution in [0.2, 0.25) is 10.0 Å². The van der Waals surface area contributed by atoms with Crippen molar-refractivity contribution in [1.29, 1.82) is 0 Å². The third-order valence-electron chi connectivity index (χ3n) is 4.30. The largest absolute Gasteiger partial charge is 0.287 e. The third kappa shape index (κ3) is 7.22. The number of halogens is 2. The van der Waals surface area contributed by atoms with Crippen LogP contribution in [0.1, 0.15) is 27.0 Å². The maximum absolute atomic E-state index is 12.7. The summed E-state index contributed by atoms with van der Waals surface area (Å²) in [6.07, 6.45) is 2.96. The van der Waals surface area contributed by atoms with Crippen molar-refractivity contribution in [2.24, 2.45) is 15.2 Å². The van der Waals surface area contributed by atoms with E-state index in [1.807, 2.05) is 0 Å². The highest BCUT2D eigenvalue weighted by atomic mass is 35.5. The van der Waals surface area contributed by atoms with Gasteiger partial charge in [-0.25, -0.2) is 10.9 Å². The summed E-state index contributed by atoms with van der Waals surface area (Å²) in [6.45, 7) is 1.69. The van der Waals surface area contributed by atoms with Crippen molar-refractivity contribution in [2.75, 3.05) is 0 Å². The fraction of sp³-hybridized carbons (Fsp3) is 0.0435. The van der Waals surface area contributed by atoms with E-state index in [9.17, 15) is 14.9 Å². The van der Waals surface area contributed by atoms with Gasteiger partial charge in [0, 0.05) is 16.1 Å². The second-order valence-electron chi connectivity index (χ2n) is 6.89. The molecule has 1 amide bonds. The quantitative estimate of drug-likeness (QED) is 0.216. The number of carbonyl (C=O) groups is 1. The summed E-state index contributed by atoms with van der Waals surface area (Å²) in [5.74, 6) is -0.986. The maximum atomic E-state index is 12.7. The number of nitro groups is 1. The molecule has 0 saturated heterocycles. The van der Waals surface area contributed by atoms with E-state index >= 15 is 0 Å². The number of hydrogen-bond donors (Lipinski definition) is 2. The van der Waals surface area contributed by atoms with Crippen LogP contribution < -0.4 is 10.9 Å². The lowest BCUT2D eigenvalue weighted by molar-refractivity contribution is -0.385. The Morgan fingerprint density at radius 3 is 1.85 bits per heavy atom. The molecule has 0 saturated carbocycles. The Morgan fingerprint density at radius 1 is 0.882 bits per heavy atom. The van der Waals surface area contributed by atoms with Gasteiger partial charge < -0.3 is 0 Å². The zero-order valence-corrected chi connectivity index (χ0v) is 19.3. The number of hydrogen-bond acceptors (Lipinski definition) is 5. The molecule has 0 aliphatic carbocycles. The average molecular weight is 497 g/mol. The monoisotopic (exact) mass is 496 g/mol. The van der Waals surface area contributed by atoms with E-state index in [1.54, 1.807) is 61.5 Å². The molecule has 3 rings (SSSR count). The summed E-state index contributed by atoms with van der Waals surface area (Å²) in [5, 5.41) is 20.6. The Morgan fingerprint density at radius 2 is 1.38 bits per heavy atom. The van der Waals surface area contributed by atoms with Gasteiger partial charge in [-0.15, -0.1) is 0 Å².